The number of hydrogen-bond acceptors (Lipinski definition) is 5. The second kappa shape index (κ2) is 11.2. The van der Waals surface area contributed by atoms with Crippen molar-refractivity contribution in [1.82, 2.24) is 0 Å². The van der Waals surface area contributed by atoms with E-state index in [1.54, 1.807) is 24.3 Å². The van der Waals surface area contributed by atoms with Gasteiger partial charge in [0.15, 0.2) is 0 Å². The Bertz CT molecular complexity index is 936. The Balaban J connectivity index is 2.24. The van der Waals surface area contributed by atoms with Crippen LogP contribution in [0.3, 0.4) is 0 Å². The molecule has 2 aromatic carbocycles. The van der Waals surface area contributed by atoms with Gasteiger partial charge in [0.25, 0.3) is 5.91 Å². The molecule has 0 aliphatic carbocycles. The van der Waals surface area contributed by atoms with Crippen molar-refractivity contribution in [3.63, 3.8) is 0 Å². The summed E-state index contributed by atoms with van der Waals surface area (Å²) in [5, 5.41) is 8.84. The van der Waals surface area contributed by atoms with Crippen molar-refractivity contribution in [2.45, 2.75) is 20.0 Å². The first-order valence-electron chi connectivity index (χ1n) is 8.71. The highest BCUT2D eigenvalue weighted by atomic mass is 35.5. The summed E-state index contributed by atoms with van der Waals surface area (Å²) in [5.74, 6) is -0.649. The van der Waals surface area contributed by atoms with Crippen molar-refractivity contribution in [1.29, 1.82) is 0 Å². The van der Waals surface area contributed by atoms with Crippen LogP contribution >= 0.6 is 23.2 Å². The van der Waals surface area contributed by atoms with Gasteiger partial charge in [-0.2, -0.15) is 0 Å². The summed E-state index contributed by atoms with van der Waals surface area (Å²) < 4.78 is 0. The molecule has 1 amide bonds. The third-order valence-electron chi connectivity index (χ3n) is 3.89. The van der Waals surface area contributed by atoms with E-state index in [2.05, 4.69) is 15.1 Å². The van der Waals surface area contributed by atoms with E-state index in [1.807, 2.05) is 37.3 Å². The number of carbonyl (C=O) groups excluding carboxylic acids is 1. The molecule has 0 bridgehead atoms. The van der Waals surface area contributed by atoms with Gasteiger partial charge in [0.05, 0.1) is 10.0 Å². The summed E-state index contributed by atoms with van der Waals surface area (Å²) in [5.41, 5.74) is 8.20. The van der Waals surface area contributed by atoms with E-state index in [0.717, 1.165) is 11.1 Å². The fourth-order valence-electron chi connectivity index (χ4n) is 2.56. The van der Waals surface area contributed by atoms with E-state index in [4.69, 9.17) is 33.8 Å². The molecule has 0 spiro atoms. The molecule has 2 N–H and O–H groups in total. The van der Waals surface area contributed by atoms with Crippen molar-refractivity contribution in [2.24, 2.45) is 16.0 Å². The molecular formula is C21H21Cl2N3O3. The van der Waals surface area contributed by atoms with E-state index < -0.39 is 5.91 Å². The van der Waals surface area contributed by atoms with E-state index >= 15 is 0 Å². The van der Waals surface area contributed by atoms with Crippen LogP contribution in [0.5, 0.6) is 0 Å². The lowest BCUT2D eigenvalue weighted by atomic mass is 10.0. The lowest BCUT2D eigenvalue weighted by Gasteiger charge is -2.10. The van der Waals surface area contributed by atoms with Crippen LogP contribution in [0.4, 0.5) is 0 Å². The first-order valence-corrected chi connectivity index (χ1v) is 9.47. The highest BCUT2D eigenvalue weighted by Crippen LogP contribution is 2.26. The average molecular weight is 434 g/mol. The normalized spacial score (nSPS) is 12.3. The predicted molar refractivity (Wildman–Crippen MR) is 116 cm³/mol. The Kier molecular flexibility index (Phi) is 8.70. The molecule has 0 aliphatic rings. The van der Waals surface area contributed by atoms with Gasteiger partial charge in [-0.3, -0.25) is 4.79 Å². The molecule has 0 fully saturated rings. The smallest absolute Gasteiger partial charge is 0.266 e. The second-order valence-electron chi connectivity index (χ2n) is 5.88. The van der Waals surface area contributed by atoms with Crippen molar-refractivity contribution in [3.8, 4) is 0 Å². The first-order chi connectivity index (χ1) is 14.0. The van der Waals surface area contributed by atoms with Crippen LogP contribution in [0.1, 0.15) is 23.6 Å². The molecule has 0 aliphatic heterocycles. The summed E-state index contributed by atoms with van der Waals surface area (Å²) in [6, 6.07) is 12.7. The molecule has 0 heterocycles. The highest BCUT2D eigenvalue weighted by Gasteiger charge is 2.14. The highest BCUT2D eigenvalue weighted by molar-refractivity contribution is 6.41. The fraction of sp³-hybridized carbons (Fsp3) is 0.190. The molecule has 0 aromatic heterocycles. The molecule has 29 heavy (non-hydrogen) atoms. The molecule has 2 rings (SSSR count). The van der Waals surface area contributed by atoms with Gasteiger partial charge in [-0.05, 0) is 36.3 Å². The molecule has 0 saturated carbocycles. The van der Waals surface area contributed by atoms with Gasteiger partial charge < -0.3 is 15.4 Å². The van der Waals surface area contributed by atoms with E-state index in [1.165, 1.54) is 7.11 Å². The number of carbonyl (C=O) groups is 1. The average Bonchev–Trinajstić information content (AvgIpc) is 2.68. The Morgan fingerprint density at radius 1 is 1.07 bits per heavy atom. The number of halogens is 2. The first kappa shape index (κ1) is 22.5. The largest absolute Gasteiger partial charge is 0.399 e. The van der Waals surface area contributed by atoms with Gasteiger partial charge in [-0.1, -0.05) is 69.9 Å². The Morgan fingerprint density at radius 2 is 1.72 bits per heavy atom. The molecule has 152 valence electrons. The summed E-state index contributed by atoms with van der Waals surface area (Å²) in [6.07, 6.45) is 3.79. The molecule has 0 radical (unpaired) electrons. The zero-order valence-corrected chi connectivity index (χ0v) is 17.6. The number of hydrogen-bond donors (Lipinski definition) is 1. The van der Waals surface area contributed by atoms with Gasteiger partial charge >= 0.3 is 0 Å². The third-order valence-corrected chi connectivity index (χ3v) is 4.52. The standard InChI is InChI=1S/C21H21Cl2N3O3/c1-3-7-18(20-16(22)10-6-11-17(20)23)26-29-13-15-9-5-4-8-14(15)12-19(21(24)27)25-28-2/h3-11H,12-13H2,1-2H3,(H2,24,27)/b7-3+,25-19-,26-18+. The zero-order chi connectivity index (χ0) is 21.2. The van der Waals surface area contributed by atoms with Crippen LogP contribution in [0.25, 0.3) is 0 Å². The van der Waals surface area contributed by atoms with Gasteiger partial charge in [0.2, 0.25) is 0 Å². The molecule has 8 heteroatoms. The zero-order valence-electron chi connectivity index (χ0n) is 16.1. The number of oxime groups is 2. The van der Waals surface area contributed by atoms with Gasteiger partial charge in [-0.15, -0.1) is 0 Å². The van der Waals surface area contributed by atoms with Crippen LogP contribution in [0, 0.1) is 0 Å². The number of rotatable bonds is 9. The Morgan fingerprint density at radius 3 is 2.31 bits per heavy atom. The Labute approximate surface area is 179 Å². The molecule has 0 atom stereocenters. The summed E-state index contributed by atoms with van der Waals surface area (Å²) >= 11 is 12.5. The molecular weight excluding hydrogens is 413 g/mol. The van der Waals surface area contributed by atoms with Gasteiger partial charge in [0, 0.05) is 12.0 Å². The second-order valence-corrected chi connectivity index (χ2v) is 6.69. The summed E-state index contributed by atoms with van der Waals surface area (Å²) in [7, 11) is 1.36. The minimum absolute atomic E-state index is 0.112. The lowest BCUT2D eigenvalue weighted by Crippen LogP contribution is -2.25. The van der Waals surface area contributed by atoms with Crippen LogP contribution in [-0.2, 0) is 27.5 Å². The van der Waals surface area contributed by atoms with Crippen molar-refractivity contribution in [3.05, 3.63) is 81.4 Å². The van der Waals surface area contributed by atoms with Crippen LogP contribution in [0.2, 0.25) is 10.0 Å². The number of allylic oxidation sites excluding steroid dienone is 2. The van der Waals surface area contributed by atoms with Crippen LogP contribution in [-0.4, -0.2) is 24.4 Å². The van der Waals surface area contributed by atoms with Crippen molar-refractivity contribution < 1.29 is 14.5 Å². The SMILES string of the molecule is C/C=C/C(=N\OCc1ccccc1C/C(=N/OC)C(N)=O)c1c(Cl)cccc1Cl. The van der Waals surface area contributed by atoms with E-state index in [0.29, 0.717) is 21.3 Å². The maximum absolute atomic E-state index is 11.5. The maximum atomic E-state index is 11.5. The van der Waals surface area contributed by atoms with Crippen LogP contribution in [0.15, 0.2) is 64.9 Å². The summed E-state index contributed by atoms with van der Waals surface area (Å²) in [6.45, 7) is 2.02. The number of nitrogens with zero attached hydrogens (tertiary/aromatic N) is 2. The maximum Gasteiger partial charge on any atom is 0.266 e. The topological polar surface area (TPSA) is 86.3 Å². The monoisotopic (exact) mass is 433 g/mol. The van der Waals surface area contributed by atoms with Gasteiger partial charge in [-0.25, -0.2) is 0 Å². The molecule has 6 nitrogen and oxygen atoms in total. The molecule has 0 saturated heterocycles. The predicted octanol–water partition coefficient (Wildman–Crippen LogP) is 4.52. The van der Waals surface area contributed by atoms with E-state index in [9.17, 15) is 4.79 Å². The Hall–Kier alpha value is -2.83. The number of primary amides is 1. The van der Waals surface area contributed by atoms with Crippen molar-refractivity contribution >= 4 is 40.5 Å². The quantitative estimate of drug-likeness (QED) is 0.465. The number of nitrogens with two attached hydrogens (primary N) is 1. The van der Waals surface area contributed by atoms with Crippen molar-refractivity contribution in [2.75, 3.05) is 7.11 Å². The van der Waals surface area contributed by atoms with Gasteiger partial charge in [0.1, 0.15) is 25.1 Å². The minimum atomic E-state index is -0.649. The van der Waals surface area contributed by atoms with Crippen LogP contribution < -0.4 is 5.73 Å². The third kappa shape index (κ3) is 6.34. The minimum Gasteiger partial charge on any atom is -0.399 e. The molecule has 0 unspecified atom stereocenters. The molecule has 2 aromatic rings. The summed E-state index contributed by atoms with van der Waals surface area (Å²) in [4.78, 5) is 21.8. The fourth-order valence-corrected chi connectivity index (χ4v) is 3.15. The number of amides is 1. The van der Waals surface area contributed by atoms with E-state index in [-0.39, 0.29) is 18.7 Å². The lowest BCUT2D eigenvalue weighted by molar-refractivity contribution is -0.112. The number of benzene rings is 2.